The number of halogens is 3. The maximum absolute atomic E-state index is 13.2. The number of amides is 1. The van der Waals surface area contributed by atoms with Crippen molar-refractivity contribution in [2.45, 2.75) is 18.3 Å². The number of aryl methyl sites for hydroxylation is 1. The molecule has 1 aromatic heterocycles. The lowest BCUT2D eigenvalue weighted by Gasteiger charge is -2.13. The molecule has 0 aliphatic carbocycles. The molecule has 1 N–H and O–H groups in total. The third-order valence-corrected chi connectivity index (χ3v) is 4.76. The van der Waals surface area contributed by atoms with Crippen LogP contribution in [0.4, 0.5) is 24.5 Å². The summed E-state index contributed by atoms with van der Waals surface area (Å²) in [6.07, 6.45) is -4.88. The topological polar surface area (TPSA) is 116 Å². The Labute approximate surface area is 171 Å². The standard InChI is InChI=1S/C17H13F3N6O3S/c1-10-2-4-11(5-3-10)25-16(22-23-24-25)30-9-15(27)21-14-7-6-12(26(28)29)8-13(14)17(18,19)20/h2-8H,9H2,1H3,(H,21,27). The van der Waals surface area contributed by atoms with Crippen LogP contribution in [0, 0.1) is 17.0 Å². The fourth-order valence-electron chi connectivity index (χ4n) is 2.42. The highest BCUT2D eigenvalue weighted by atomic mass is 32.2. The zero-order chi connectivity index (χ0) is 21.9. The first-order valence-electron chi connectivity index (χ1n) is 8.29. The van der Waals surface area contributed by atoms with Crippen LogP contribution in [0.2, 0.25) is 0 Å². The number of carbonyl (C=O) groups is 1. The van der Waals surface area contributed by atoms with Gasteiger partial charge in [-0.05, 0) is 35.5 Å². The molecule has 0 bridgehead atoms. The number of thioether (sulfide) groups is 1. The smallest absolute Gasteiger partial charge is 0.325 e. The molecule has 13 heteroatoms. The lowest BCUT2D eigenvalue weighted by Crippen LogP contribution is -2.18. The zero-order valence-electron chi connectivity index (χ0n) is 15.3. The second-order valence-corrected chi connectivity index (χ2v) is 6.97. The Morgan fingerprint density at radius 3 is 2.57 bits per heavy atom. The summed E-state index contributed by atoms with van der Waals surface area (Å²) >= 11 is 0.927. The van der Waals surface area contributed by atoms with E-state index in [0.717, 1.165) is 29.5 Å². The highest BCUT2D eigenvalue weighted by Crippen LogP contribution is 2.37. The minimum absolute atomic E-state index is 0.272. The van der Waals surface area contributed by atoms with Crippen molar-refractivity contribution < 1.29 is 22.9 Å². The maximum atomic E-state index is 13.2. The Morgan fingerprint density at radius 1 is 1.23 bits per heavy atom. The SMILES string of the molecule is Cc1ccc(-n2nnnc2SCC(=O)Nc2ccc([N+](=O)[O-])cc2C(F)(F)F)cc1. The van der Waals surface area contributed by atoms with Gasteiger partial charge in [-0.15, -0.1) is 5.10 Å². The second-order valence-electron chi connectivity index (χ2n) is 6.03. The van der Waals surface area contributed by atoms with Gasteiger partial charge in [0.2, 0.25) is 11.1 Å². The lowest BCUT2D eigenvalue weighted by atomic mass is 10.1. The number of nitrogens with zero attached hydrogens (tertiary/aromatic N) is 5. The average Bonchev–Trinajstić information content (AvgIpc) is 3.15. The van der Waals surface area contributed by atoms with Gasteiger partial charge < -0.3 is 5.32 Å². The molecule has 1 amide bonds. The number of aromatic nitrogens is 4. The number of non-ortho nitro benzene ring substituents is 1. The Kier molecular flexibility index (Phi) is 6.01. The molecule has 156 valence electrons. The number of carbonyl (C=O) groups excluding carboxylic acids is 1. The fraction of sp³-hybridized carbons (Fsp3) is 0.176. The zero-order valence-corrected chi connectivity index (χ0v) is 16.1. The van der Waals surface area contributed by atoms with Crippen molar-refractivity contribution in [1.29, 1.82) is 0 Å². The number of rotatable bonds is 6. The van der Waals surface area contributed by atoms with Gasteiger partial charge in [0, 0.05) is 12.1 Å². The molecule has 1 heterocycles. The molecule has 0 saturated carbocycles. The molecule has 9 nitrogen and oxygen atoms in total. The lowest BCUT2D eigenvalue weighted by molar-refractivity contribution is -0.385. The monoisotopic (exact) mass is 438 g/mol. The van der Waals surface area contributed by atoms with Crippen LogP contribution in [0.3, 0.4) is 0 Å². The van der Waals surface area contributed by atoms with Crippen LogP contribution in [0.15, 0.2) is 47.6 Å². The van der Waals surface area contributed by atoms with Crippen LogP contribution in [0.1, 0.15) is 11.1 Å². The average molecular weight is 438 g/mol. The van der Waals surface area contributed by atoms with E-state index in [2.05, 4.69) is 20.8 Å². The number of alkyl halides is 3. The summed E-state index contributed by atoms with van der Waals surface area (Å²) in [4.78, 5) is 22.0. The molecule has 2 aromatic carbocycles. The van der Waals surface area contributed by atoms with Gasteiger partial charge in [-0.1, -0.05) is 29.5 Å². The number of nitro groups is 1. The quantitative estimate of drug-likeness (QED) is 0.355. The molecule has 0 radical (unpaired) electrons. The van der Waals surface area contributed by atoms with E-state index in [1.54, 1.807) is 12.1 Å². The van der Waals surface area contributed by atoms with Crippen molar-refractivity contribution in [3.8, 4) is 5.69 Å². The molecule has 3 rings (SSSR count). The van der Waals surface area contributed by atoms with Gasteiger partial charge in [-0.25, -0.2) is 0 Å². The summed E-state index contributed by atoms with van der Waals surface area (Å²) in [5.74, 6) is -1.03. The highest BCUT2D eigenvalue weighted by Gasteiger charge is 2.35. The van der Waals surface area contributed by atoms with Gasteiger partial charge in [0.1, 0.15) is 0 Å². The Balaban J connectivity index is 1.73. The van der Waals surface area contributed by atoms with Gasteiger partial charge in [-0.3, -0.25) is 14.9 Å². The minimum Gasteiger partial charge on any atom is -0.325 e. The first kappa shape index (κ1) is 21.2. The molecule has 30 heavy (non-hydrogen) atoms. The predicted molar refractivity (Wildman–Crippen MR) is 101 cm³/mol. The van der Waals surface area contributed by atoms with E-state index in [-0.39, 0.29) is 10.9 Å². The summed E-state index contributed by atoms with van der Waals surface area (Å²) in [6, 6.07) is 9.37. The van der Waals surface area contributed by atoms with E-state index in [9.17, 15) is 28.1 Å². The number of hydrogen-bond donors (Lipinski definition) is 1. The van der Waals surface area contributed by atoms with E-state index in [4.69, 9.17) is 0 Å². The van der Waals surface area contributed by atoms with Crippen LogP contribution >= 0.6 is 11.8 Å². The van der Waals surface area contributed by atoms with E-state index in [1.807, 2.05) is 19.1 Å². The normalized spacial score (nSPS) is 11.3. The van der Waals surface area contributed by atoms with Crippen molar-refractivity contribution in [2.24, 2.45) is 0 Å². The van der Waals surface area contributed by atoms with Crippen molar-refractivity contribution in [3.05, 3.63) is 63.7 Å². The molecule has 3 aromatic rings. The van der Waals surface area contributed by atoms with Gasteiger partial charge in [0.15, 0.2) is 0 Å². The van der Waals surface area contributed by atoms with E-state index in [0.29, 0.717) is 11.8 Å². The summed E-state index contributed by atoms with van der Waals surface area (Å²) in [6.45, 7) is 1.91. The first-order valence-corrected chi connectivity index (χ1v) is 9.27. The minimum atomic E-state index is -4.88. The van der Waals surface area contributed by atoms with Crippen molar-refractivity contribution in [3.63, 3.8) is 0 Å². The number of anilines is 1. The van der Waals surface area contributed by atoms with Crippen LogP contribution < -0.4 is 5.32 Å². The Bertz CT molecular complexity index is 1090. The molecule has 0 aliphatic heterocycles. The van der Waals surface area contributed by atoms with Crippen molar-refractivity contribution >= 4 is 29.0 Å². The highest BCUT2D eigenvalue weighted by molar-refractivity contribution is 7.99. The van der Waals surface area contributed by atoms with Crippen molar-refractivity contribution in [2.75, 3.05) is 11.1 Å². The Hall–Kier alpha value is -3.48. The van der Waals surface area contributed by atoms with Gasteiger partial charge in [-0.2, -0.15) is 17.9 Å². The first-order chi connectivity index (χ1) is 14.1. The number of hydrogen-bond acceptors (Lipinski definition) is 7. The molecule has 0 fully saturated rings. The molecule has 0 unspecified atom stereocenters. The van der Waals surface area contributed by atoms with E-state index < -0.39 is 33.9 Å². The Morgan fingerprint density at radius 2 is 1.93 bits per heavy atom. The molecular formula is C17H13F3N6O3S. The van der Waals surface area contributed by atoms with Gasteiger partial charge in [0.25, 0.3) is 5.69 Å². The summed E-state index contributed by atoms with van der Waals surface area (Å²) < 4.78 is 41.0. The van der Waals surface area contributed by atoms with Gasteiger partial charge in [0.05, 0.1) is 27.6 Å². The second kappa shape index (κ2) is 8.49. The fourth-order valence-corrected chi connectivity index (χ4v) is 3.11. The molecular weight excluding hydrogens is 425 g/mol. The van der Waals surface area contributed by atoms with Crippen LogP contribution in [0.5, 0.6) is 0 Å². The summed E-state index contributed by atoms with van der Waals surface area (Å²) in [5.41, 5.74) is -0.921. The van der Waals surface area contributed by atoms with Crippen LogP contribution in [-0.2, 0) is 11.0 Å². The van der Waals surface area contributed by atoms with Crippen LogP contribution in [-0.4, -0.2) is 36.8 Å². The predicted octanol–water partition coefficient (Wildman–Crippen LogP) is 3.63. The summed E-state index contributed by atoms with van der Waals surface area (Å²) in [5, 5.41) is 24.4. The molecule has 0 aliphatic rings. The number of nitro benzene ring substituents is 1. The van der Waals surface area contributed by atoms with E-state index in [1.165, 1.54) is 4.68 Å². The van der Waals surface area contributed by atoms with E-state index >= 15 is 0 Å². The number of tetrazole rings is 1. The maximum Gasteiger partial charge on any atom is 0.418 e. The molecule has 0 saturated heterocycles. The third kappa shape index (κ3) is 4.92. The third-order valence-electron chi connectivity index (χ3n) is 3.85. The molecule has 0 atom stereocenters. The number of benzene rings is 2. The van der Waals surface area contributed by atoms with Crippen LogP contribution in [0.25, 0.3) is 5.69 Å². The molecule has 0 spiro atoms. The largest absolute Gasteiger partial charge is 0.418 e. The number of nitrogens with one attached hydrogen (secondary N) is 1. The van der Waals surface area contributed by atoms with Gasteiger partial charge >= 0.3 is 6.18 Å². The summed E-state index contributed by atoms with van der Waals surface area (Å²) in [7, 11) is 0. The van der Waals surface area contributed by atoms with Crippen molar-refractivity contribution in [1.82, 2.24) is 20.2 Å².